The van der Waals surface area contributed by atoms with Gasteiger partial charge in [0.05, 0.1) is 17.8 Å². The molecule has 0 N–H and O–H groups in total. The van der Waals surface area contributed by atoms with E-state index in [2.05, 4.69) is 0 Å². The Morgan fingerprint density at radius 2 is 1.85 bits per heavy atom. The number of thiophene rings is 1. The van der Waals surface area contributed by atoms with E-state index in [4.69, 9.17) is 14.0 Å². The Morgan fingerprint density at radius 3 is 2.38 bits per heavy atom. The van der Waals surface area contributed by atoms with Gasteiger partial charge in [-0.3, -0.25) is 4.79 Å². The number of thioether (sulfide) groups is 1. The van der Waals surface area contributed by atoms with Crippen molar-refractivity contribution in [3.8, 4) is 0 Å². The molecular weight excluding hydrogens is 371 g/mol. The minimum Gasteiger partial charge on any atom is -0.462 e. The number of hydrogen-bond acceptors (Lipinski definition) is 7. The Labute approximate surface area is 163 Å². The van der Waals surface area contributed by atoms with Gasteiger partial charge in [0, 0.05) is 17.6 Å². The third-order valence-corrected chi connectivity index (χ3v) is 6.33. The van der Waals surface area contributed by atoms with Gasteiger partial charge in [-0.2, -0.15) is 0 Å². The van der Waals surface area contributed by atoms with Gasteiger partial charge in [0.25, 0.3) is 0 Å². The quantitative estimate of drug-likeness (QED) is 0.530. The number of hydrogen-bond donors (Lipinski definition) is 0. The molecular formula is C18H25BO5S2. The van der Waals surface area contributed by atoms with E-state index >= 15 is 0 Å². The van der Waals surface area contributed by atoms with Gasteiger partial charge in [0.15, 0.2) is 5.12 Å². The maximum atomic E-state index is 11.9. The van der Waals surface area contributed by atoms with Crippen LogP contribution in [0.4, 0.5) is 0 Å². The van der Waals surface area contributed by atoms with Gasteiger partial charge in [-0.1, -0.05) is 11.8 Å². The lowest BCUT2D eigenvalue weighted by atomic mass is 9.79. The summed E-state index contributed by atoms with van der Waals surface area (Å²) in [5.41, 5.74) is -0.0482. The predicted octanol–water partition coefficient (Wildman–Crippen LogP) is 4.22. The van der Waals surface area contributed by atoms with Gasteiger partial charge in [-0.05, 0) is 58.3 Å². The summed E-state index contributed by atoms with van der Waals surface area (Å²) in [5, 5.41) is 0.0332. The second-order valence-electron chi connectivity index (χ2n) is 7.01. The standard InChI is InChI=1S/C18H25BO5S2/c1-7-22-16(21)15-9-8-14(26-15)10-13(11-25-12(2)20)19-23-17(3,4)18(5,6)24-19/h8-10H,7,11H2,1-6H3. The minimum absolute atomic E-state index is 0.0332. The first kappa shape index (κ1) is 21.2. The van der Waals surface area contributed by atoms with Gasteiger partial charge < -0.3 is 14.0 Å². The fourth-order valence-corrected chi connectivity index (χ4v) is 3.75. The third-order valence-electron chi connectivity index (χ3n) is 4.43. The van der Waals surface area contributed by atoms with Crippen molar-refractivity contribution in [2.45, 2.75) is 52.7 Å². The molecule has 1 aliphatic heterocycles. The summed E-state index contributed by atoms with van der Waals surface area (Å²) in [5.74, 6) is 0.145. The second-order valence-corrected chi connectivity index (χ2v) is 9.28. The zero-order chi connectivity index (χ0) is 19.5. The smallest absolute Gasteiger partial charge is 0.462 e. The van der Waals surface area contributed by atoms with Crippen LogP contribution in [-0.4, -0.2) is 41.8 Å². The topological polar surface area (TPSA) is 61.8 Å². The van der Waals surface area contributed by atoms with E-state index in [0.29, 0.717) is 17.2 Å². The van der Waals surface area contributed by atoms with Crippen LogP contribution in [-0.2, 0) is 18.8 Å². The molecule has 0 amide bonds. The number of rotatable bonds is 6. The maximum Gasteiger partial charge on any atom is 0.491 e. The van der Waals surface area contributed by atoms with Gasteiger partial charge in [-0.25, -0.2) is 4.79 Å². The van der Waals surface area contributed by atoms with Crippen molar-refractivity contribution in [3.63, 3.8) is 0 Å². The molecule has 1 saturated heterocycles. The van der Waals surface area contributed by atoms with Crippen molar-refractivity contribution in [3.05, 3.63) is 27.4 Å². The summed E-state index contributed by atoms with van der Waals surface area (Å²) in [7, 11) is -0.528. The maximum absolute atomic E-state index is 11.9. The molecule has 142 valence electrons. The molecule has 0 aliphatic carbocycles. The van der Waals surface area contributed by atoms with E-state index in [-0.39, 0.29) is 11.1 Å². The summed E-state index contributed by atoms with van der Waals surface area (Å²) in [6, 6.07) is 3.61. The Bertz CT molecular complexity index is 692. The van der Waals surface area contributed by atoms with Crippen molar-refractivity contribution in [2.24, 2.45) is 0 Å². The molecule has 1 fully saturated rings. The molecule has 0 aromatic carbocycles. The number of esters is 1. The Morgan fingerprint density at radius 1 is 1.23 bits per heavy atom. The van der Waals surface area contributed by atoms with Crippen LogP contribution in [0.5, 0.6) is 0 Å². The average molecular weight is 396 g/mol. The highest BCUT2D eigenvalue weighted by Crippen LogP contribution is 2.39. The van der Waals surface area contributed by atoms with Crippen LogP contribution in [0.25, 0.3) is 6.08 Å². The molecule has 5 nitrogen and oxygen atoms in total. The Kier molecular flexibility index (Phi) is 6.77. The number of carbonyl (C=O) groups is 2. The molecule has 0 atom stereocenters. The summed E-state index contributed by atoms with van der Waals surface area (Å²) < 4.78 is 17.3. The van der Waals surface area contributed by atoms with E-state index < -0.39 is 18.3 Å². The highest BCUT2D eigenvalue weighted by atomic mass is 32.2. The summed E-state index contributed by atoms with van der Waals surface area (Å²) >= 11 is 2.56. The molecule has 0 bridgehead atoms. The second kappa shape index (κ2) is 8.29. The van der Waals surface area contributed by atoms with Crippen LogP contribution < -0.4 is 0 Å². The van der Waals surface area contributed by atoms with Gasteiger partial charge in [-0.15, -0.1) is 11.3 Å². The molecule has 26 heavy (non-hydrogen) atoms. The lowest BCUT2D eigenvalue weighted by Crippen LogP contribution is -2.41. The fourth-order valence-electron chi connectivity index (χ4n) is 2.28. The van der Waals surface area contributed by atoms with Crippen LogP contribution in [0, 0.1) is 0 Å². The van der Waals surface area contributed by atoms with Crippen LogP contribution in [0.1, 0.15) is 56.1 Å². The van der Waals surface area contributed by atoms with E-state index in [1.165, 1.54) is 30.0 Å². The molecule has 8 heteroatoms. The van der Waals surface area contributed by atoms with Gasteiger partial charge >= 0.3 is 13.1 Å². The number of ether oxygens (including phenoxy) is 1. The summed E-state index contributed by atoms with van der Waals surface area (Å²) in [6.45, 7) is 11.6. The highest BCUT2D eigenvalue weighted by Gasteiger charge is 2.52. The molecule has 2 heterocycles. The fraction of sp³-hybridized carbons (Fsp3) is 0.556. The van der Waals surface area contributed by atoms with Gasteiger partial charge in [0.1, 0.15) is 4.88 Å². The van der Waals surface area contributed by atoms with E-state index in [9.17, 15) is 9.59 Å². The largest absolute Gasteiger partial charge is 0.491 e. The minimum atomic E-state index is -0.528. The summed E-state index contributed by atoms with van der Waals surface area (Å²) in [4.78, 5) is 24.7. The molecule has 2 rings (SSSR count). The molecule has 0 saturated carbocycles. The van der Waals surface area contributed by atoms with Crippen molar-refractivity contribution in [1.29, 1.82) is 0 Å². The van der Waals surface area contributed by atoms with Crippen LogP contribution in [0.2, 0.25) is 0 Å². The predicted molar refractivity (Wildman–Crippen MR) is 107 cm³/mol. The number of carbonyl (C=O) groups excluding carboxylic acids is 2. The van der Waals surface area contributed by atoms with Crippen LogP contribution in [0.3, 0.4) is 0 Å². The zero-order valence-corrected chi connectivity index (χ0v) is 17.7. The third kappa shape index (κ3) is 5.00. The highest BCUT2D eigenvalue weighted by molar-refractivity contribution is 8.13. The van der Waals surface area contributed by atoms with Crippen molar-refractivity contribution < 1.29 is 23.6 Å². The summed E-state index contributed by atoms with van der Waals surface area (Å²) in [6.07, 6.45) is 1.94. The van der Waals surface area contributed by atoms with Gasteiger partial charge in [0.2, 0.25) is 0 Å². The van der Waals surface area contributed by atoms with Crippen LogP contribution >= 0.6 is 23.1 Å². The molecule has 0 unspecified atom stereocenters. The lowest BCUT2D eigenvalue weighted by molar-refractivity contribution is -0.109. The Balaban J connectivity index is 2.26. The first-order chi connectivity index (χ1) is 12.1. The van der Waals surface area contributed by atoms with E-state index in [1.807, 2.05) is 39.8 Å². The van der Waals surface area contributed by atoms with E-state index in [0.717, 1.165) is 10.3 Å². The lowest BCUT2D eigenvalue weighted by Gasteiger charge is -2.32. The molecule has 1 aliphatic rings. The van der Waals surface area contributed by atoms with Crippen molar-refractivity contribution >= 4 is 47.4 Å². The molecule has 1 aromatic heterocycles. The first-order valence-electron chi connectivity index (χ1n) is 8.52. The first-order valence-corrected chi connectivity index (χ1v) is 10.3. The Hall–Kier alpha value is -1.09. The van der Waals surface area contributed by atoms with Crippen LogP contribution in [0.15, 0.2) is 17.6 Å². The molecule has 0 radical (unpaired) electrons. The van der Waals surface area contributed by atoms with E-state index in [1.54, 1.807) is 13.0 Å². The van der Waals surface area contributed by atoms with Crippen molar-refractivity contribution in [1.82, 2.24) is 0 Å². The molecule has 0 spiro atoms. The average Bonchev–Trinajstić information content (AvgIpc) is 3.06. The SMILES string of the molecule is CCOC(=O)c1ccc(C=C(CSC(C)=O)B2OC(C)(C)C(C)(C)O2)s1. The normalized spacial score (nSPS) is 18.8. The molecule has 1 aromatic rings. The van der Waals surface area contributed by atoms with Crippen molar-refractivity contribution in [2.75, 3.05) is 12.4 Å². The zero-order valence-electron chi connectivity index (χ0n) is 16.1. The monoisotopic (exact) mass is 396 g/mol.